The zero-order chi connectivity index (χ0) is 11.9. The second kappa shape index (κ2) is 6.41. The third-order valence-corrected chi connectivity index (χ3v) is 3.03. The molecule has 1 heteroatoms. The van der Waals surface area contributed by atoms with E-state index in [4.69, 9.17) is 4.74 Å². The normalized spacial score (nSPS) is 10.9. The van der Waals surface area contributed by atoms with Crippen LogP contribution in [0.4, 0.5) is 0 Å². The summed E-state index contributed by atoms with van der Waals surface area (Å²) in [5.74, 6) is 0. The Hall–Kier alpha value is -1.34. The second-order valence-corrected chi connectivity index (χ2v) is 4.40. The van der Waals surface area contributed by atoms with E-state index in [0.29, 0.717) is 0 Å². The molecule has 2 rings (SSSR count). The first kappa shape index (κ1) is 12.1. The van der Waals surface area contributed by atoms with Gasteiger partial charge in [-0.2, -0.15) is 0 Å². The number of unbranched alkanes of at least 4 members (excludes halogenated alkanes) is 2. The lowest BCUT2D eigenvalue weighted by Gasteiger charge is -2.07. The second-order valence-electron chi connectivity index (χ2n) is 4.40. The van der Waals surface area contributed by atoms with Gasteiger partial charge < -0.3 is 4.74 Å². The van der Waals surface area contributed by atoms with E-state index in [1.165, 1.54) is 35.6 Å². The van der Waals surface area contributed by atoms with Crippen LogP contribution in [0.25, 0.3) is 10.8 Å². The zero-order valence-electron chi connectivity index (χ0n) is 10.5. The van der Waals surface area contributed by atoms with Crippen LogP contribution in [-0.4, -0.2) is 6.61 Å². The summed E-state index contributed by atoms with van der Waals surface area (Å²) in [6.07, 6.45) is 3.68. The fraction of sp³-hybridized carbons (Fsp3) is 0.375. The third kappa shape index (κ3) is 3.31. The quantitative estimate of drug-likeness (QED) is 0.659. The molecule has 0 aromatic heterocycles. The highest BCUT2D eigenvalue weighted by molar-refractivity contribution is 5.85. The van der Waals surface area contributed by atoms with Gasteiger partial charge in [0, 0.05) is 6.61 Å². The highest BCUT2D eigenvalue weighted by Crippen LogP contribution is 2.19. The molecule has 0 fully saturated rings. The minimum Gasteiger partial charge on any atom is -0.377 e. The number of benzene rings is 2. The van der Waals surface area contributed by atoms with Gasteiger partial charge in [-0.1, -0.05) is 62.2 Å². The van der Waals surface area contributed by atoms with Crippen LogP contribution in [0, 0.1) is 0 Å². The first-order valence-electron chi connectivity index (χ1n) is 6.46. The van der Waals surface area contributed by atoms with Crippen molar-refractivity contribution in [2.75, 3.05) is 6.61 Å². The Morgan fingerprint density at radius 2 is 1.76 bits per heavy atom. The Balaban J connectivity index is 1.98. The first-order chi connectivity index (χ1) is 8.42. The van der Waals surface area contributed by atoms with Crippen LogP contribution in [0.5, 0.6) is 0 Å². The molecule has 0 N–H and O–H groups in total. The van der Waals surface area contributed by atoms with E-state index in [0.717, 1.165) is 13.2 Å². The monoisotopic (exact) mass is 228 g/mol. The predicted molar refractivity (Wildman–Crippen MR) is 73.1 cm³/mol. The van der Waals surface area contributed by atoms with Crippen molar-refractivity contribution >= 4 is 10.8 Å². The summed E-state index contributed by atoms with van der Waals surface area (Å²) in [6.45, 7) is 3.81. The zero-order valence-corrected chi connectivity index (χ0v) is 10.5. The van der Waals surface area contributed by atoms with Gasteiger partial charge in [0.2, 0.25) is 0 Å². The topological polar surface area (TPSA) is 9.23 Å². The van der Waals surface area contributed by atoms with E-state index >= 15 is 0 Å². The summed E-state index contributed by atoms with van der Waals surface area (Å²) in [4.78, 5) is 0. The molecule has 2 aromatic rings. The lowest BCUT2D eigenvalue weighted by molar-refractivity contribution is 0.118. The molecular formula is C16H20O. The van der Waals surface area contributed by atoms with Crippen molar-refractivity contribution in [3.05, 3.63) is 48.0 Å². The summed E-state index contributed by atoms with van der Waals surface area (Å²) in [7, 11) is 0. The summed E-state index contributed by atoms with van der Waals surface area (Å²) >= 11 is 0. The van der Waals surface area contributed by atoms with E-state index in [1.807, 2.05) is 0 Å². The molecule has 0 amide bonds. The summed E-state index contributed by atoms with van der Waals surface area (Å²) in [6, 6.07) is 14.9. The Kier molecular flexibility index (Phi) is 4.57. The van der Waals surface area contributed by atoms with Gasteiger partial charge in [-0.05, 0) is 22.8 Å². The molecule has 2 aromatic carbocycles. The van der Waals surface area contributed by atoms with Crippen molar-refractivity contribution in [3.63, 3.8) is 0 Å². The lowest BCUT2D eigenvalue weighted by Crippen LogP contribution is -1.96. The van der Waals surface area contributed by atoms with Gasteiger partial charge in [-0.15, -0.1) is 0 Å². The van der Waals surface area contributed by atoms with Crippen molar-refractivity contribution in [1.82, 2.24) is 0 Å². The van der Waals surface area contributed by atoms with Crippen LogP contribution >= 0.6 is 0 Å². The Morgan fingerprint density at radius 1 is 0.941 bits per heavy atom. The van der Waals surface area contributed by atoms with Crippen LogP contribution in [0.2, 0.25) is 0 Å². The average molecular weight is 228 g/mol. The molecule has 0 aliphatic heterocycles. The molecule has 0 heterocycles. The Bertz CT molecular complexity index is 457. The van der Waals surface area contributed by atoms with E-state index < -0.39 is 0 Å². The lowest BCUT2D eigenvalue weighted by atomic mass is 10.1. The standard InChI is InChI=1S/C16H20O/c1-2-3-6-12-17-13-15-10-7-9-14-8-4-5-11-16(14)15/h4-5,7-11H,2-3,6,12-13H2,1H3. The fourth-order valence-electron chi connectivity index (χ4n) is 2.05. The van der Waals surface area contributed by atoms with Crippen LogP contribution in [0.3, 0.4) is 0 Å². The molecule has 0 aliphatic rings. The predicted octanol–water partition coefficient (Wildman–Crippen LogP) is 4.55. The molecule has 90 valence electrons. The molecule has 0 spiro atoms. The molecular weight excluding hydrogens is 208 g/mol. The van der Waals surface area contributed by atoms with Crippen LogP contribution in [0.15, 0.2) is 42.5 Å². The van der Waals surface area contributed by atoms with E-state index in [9.17, 15) is 0 Å². The maximum atomic E-state index is 5.73. The highest BCUT2D eigenvalue weighted by Gasteiger charge is 1.99. The molecule has 0 radical (unpaired) electrons. The van der Waals surface area contributed by atoms with E-state index in [2.05, 4.69) is 49.4 Å². The van der Waals surface area contributed by atoms with Crippen molar-refractivity contribution in [3.8, 4) is 0 Å². The summed E-state index contributed by atoms with van der Waals surface area (Å²) < 4.78 is 5.73. The van der Waals surface area contributed by atoms with E-state index in [1.54, 1.807) is 0 Å². The van der Waals surface area contributed by atoms with Crippen molar-refractivity contribution < 1.29 is 4.74 Å². The highest BCUT2D eigenvalue weighted by atomic mass is 16.5. The Morgan fingerprint density at radius 3 is 2.65 bits per heavy atom. The van der Waals surface area contributed by atoms with Gasteiger partial charge in [0.05, 0.1) is 6.61 Å². The molecule has 0 bridgehead atoms. The number of ether oxygens (including phenoxy) is 1. The fourth-order valence-corrected chi connectivity index (χ4v) is 2.05. The van der Waals surface area contributed by atoms with Gasteiger partial charge in [0.25, 0.3) is 0 Å². The molecule has 17 heavy (non-hydrogen) atoms. The molecule has 0 saturated heterocycles. The summed E-state index contributed by atoms with van der Waals surface area (Å²) in [5.41, 5.74) is 1.29. The minimum atomic E-state index is 0.727. The number of hydrogen-bond donors (Lipinski definition) is 0. The average Bonchev–Trinajstić information content (AvgIpc) is 2.39. The van der Waals surface area contributed by atoms with Gasteiger partial charge >= 0.3 is 0 Å². The smallest absolute Gasteiger partial charge is 0.0722 e. The molecule has 0 atom stereocenters. The van der Waals surface area contributed by atoms with Crippen molar-refractivity contribution in [2.45, 2.75) is 32.8 Å². The maximum absolute atomic E-state index is 5.73. The third-order valence-electron chi connectivity index (χ3n) is 3.03. The molecule has 0 aliphatic carbocycles. The molecule has 0 unspecified atom stereocenters. The Labute approximate surface area is 103 Å². The summed E-state index contributed by atoms with van der Waals surface area (Å²) in [5, 5.41) is 2.60. The minimum absolute atomic E-state index is 0.727. The van der Waals surface area contributed by atoms with Gasteiger partial charge in [0.15, 0.2) is 0 Å². The molecule has 1 nitrogen and oxygen atoms in total. The number of rotatable bonds is 6. The van der Waals surface area contributed by atoms with Crippen molar-refractivity contribution in [2.24, 2.45) is 0 Å². The molecule has 0 saturated carbocycles. The first-order valence-corrected chi connectivity index (χ1v) is 6.46. The number of hydrogen-bond acceptors (Lipinski definition) is 1. The van der Waals surface area contributed by atoms with Crippen LogP contribution in [-0.2, 0) is 11.3 Å². The van der Waals surface area contributed by atoms with Crippen molar-refractivity contribution in [1.29, 1.82) is 0 Å². The van der Waals surface area contributed by atoms with Gasteiger partial charge in [-0.25, -0.2) is 0 Å². The largest absolute Gasteiger partial charge is 0.377 e. The van der Waals surface area contributed by atoms with E-state index in [-0.39, 0.29) is 0 Å². The maximum Gasteiger partial charge on any atom is 0.0722 e. The number of fused-ring (bicyclic) bond motifs is 1. The van der Waals surface area contributed by atoms with Crippen LogP contribution in [0.1, 0.15) is 31.7 Å². The van der Waals surface area contributed by atoms with Gasteiger partial charge in [-0.3, -0.25) is 0 Å². The van der Waals surface area contributed by atoms with Crippen LogP contribution < -0.4 is 0 Å². The van der Waals surface area contributed by atoms with Gasteiger partial charge in [0.1, 0.15) is 0 Å². The SMILES string of the molecule is CCCCCOCc1cccc2ccccc12.